The highest BCUT2D eigenvalue weighted by Crippen LogP contribution is 2.00. The number of H-pyrrole nitrogens is 1. The summed E-state index contributed by atoms with van der Waals surface area (Å²) in [5.41, 5.74) is 0. The Hall–Kier alpha value is -1.39. The number of hydrogen-bond donors (Lipinski definition) is 2. The molecular formula is C8H14N4O. The minimum Gasteiger partial charge on any atom is -0.347 e. The fraction of sp³-hybridized carbons (Fsp3) is 0.625. The predicted octanol–water partition coefficient (Wildman–Crippen LogP) is 0.579. The van der Waals surface area contributed by atoms with Gasteiger partial charge in [0.05, 0.1) is 0 Å². The van der Waals surface area contributed by atoms with Crippen molar-refractivity contribution in [2.45, 2.75) is 26.8 Å². The van der Waals surface area contributed by atoms with E-state index in [1.54, 1.807) is 0 Å². The van der Waals surface area contributed by atoms with Crippen molar-refractivity contribution < 1.29 is 4.79 Å². The van der Waals surface area contributed by atoms with Crippen LogP contribution >= 0.6 is 0 Å². The van der Waals surface area contributed by atoms with E-state index < -0.39 is 0 Å². The molecule has 0 aromatic carbocycles. The van der Waals surface area contributed by atoms with Crippen LogP contribution in [0, 0.1) is 5.92 Å². The molecule has 0 radical (unpaired) electrons. The van der Waals surface area contributed by atoms with Gasteiger partial charge in [-0.15, -0.1) is 0 Å². The predicted molar refractivity (Wildman–Crippen MR) is 48.1 cm³/mol. The molecule has 1 unspecified atom stereocenters. The third-order valence-corrected chi connectivity index (χ3v) is 1.99. The van der Waals surface area contributed by atoms with E-state index in [4.69, 9.17) is 0 Å². The largest absolute Gasteiger partial charge is 0.347 e. The zero-order valence-electron chi connectivity index (χ0n) is 8.03. The van der Waals surface area contributed by atoms with Crippen LogP contribution in [0.2, 0.25) is 0 Å². The van der Waals surface area contributed by atoms with Gasteiger partial charge < -0.3 is 5.32 Å². The van der Waals surface area contributed by atoms with Gasteiger partial charge in [-0.05, 0) is 12.8 Å². The summed E-state index contributed by atoms with van der Waals surface area (Å²) < 4.78 is 0. The van der Waals surface area contributed by atoms with Crippen LogP contribution in [0.25, 0.3) is 0 Å². The zero-order valence-corrected chi connectivity index (χ0v) is 8.03. The van der Waals surface area contributed by atoms with Crippen LogP contribution in [-0.2, 0) is 0 Å². The first-order valence-electron chi connectivity index (χ1n) is 4.27. The van der Waals surface area contributed by atoms with Gasteiger partial charge in [-0.25, -0.2) is 4.98 Å². The summed E-state index contributed by atoms with van der Waals surface area (Å²) >= 11 is 0. The van der Waals surface area contributed by atoms with Crippen LogP contribution in [0.5, 0.6) is 0 Å². The number of rotatable bonds is 3. The lowest BCUT2D eigenvalue weighted by Crippen LogP contribution is -2.36. The van der Waals surface area contributed by atoms with Gasteiger partial charge in [0.15, 0.2) is 0 Å². The second-order valence-corrected chi connectivity index (χ2v) is 3.34. The Kier molecular flexibility index (Phi) is 3.00. The number of aromatic amines is 1. The first kappa shape index (κ1) is 9.70. The standard InChI is InChI=1S/C8H14N4O/c1-5(2)6(3)11-8(13)7-9-4-10-12-7/h4-6H,1-3H3,(H,11,13)(H,9,10,12). The van der Waals surface area contributed by atoms with Gasteiger partial charge in [0.2, 0.25) is 5.82 Å². The van der Waals surface area contributed by atoms with Crippen LogP contribution in [0.15, 0.2) is 6.33 Å². The maximum Gasteiger partial charge on any atom is 0.288 e. The zero-order chi connectivity index (χ0) is 9.84. The molecule has 2 N–H and O–H groups in total. The molecule has 1 aromatic rings. The van der Waals surface area contributed by atoms with Crippen molar-refractivity contribution in [2.75, 3.05) is 0 Å². The fourth-order valence-electron chi connectivity index (χ4n) is 0.757. The van der Waals surface area contributed by atoms with Crippen molar-refractivity contribution in [1.29, 1.82) is 0 Å². The molecule has 0 saturated heterocycles. The van der Waals surface area contributed by atoms with Crippen molar-refractivity contribution in [2.24, 2.45) is 5.92 Å². The van der Waals surface area contributed by atoms with Crippen molar-refractivity contribution in [3.05, 3.63) is 12.2 Å². The molecule has 1 amide bonds. The molecule has 0 spiro atoms. The van der Waals surface area contributed by atoms with Crippen LogP contribution in [-0.4, -0.2) is 27.1 Å². The summed E-state index contributed by atoms with van der Waals surface area (Å²) in [5.74, 6) is 0.457. The highest BCUT2D eigenvalue weighted by molar-refractivity contribution is 5.90. The van der Waals surface area contributed by atoms with Crippen molar-refractivity contribution in [3.8, 4) is 0 Å². The Balaban J connectivity index is 2.52. The molecule has 0 aliphatic rings. The summed E-state index contributed by atoms with van der Waals surface area (Å²) in [6.45, 7) is 6.05. The molecule has 1 heterocycles. The number of nitrogens with one attached hydrogen (secondary N) is 2. The van der Waals surface area contributed by atoms with Gasteiger partial charge in [-0.2, -0.15) is 5.10 Å². The average molecular weight is 182 g/mol. The van der Waals surface area contributed by atoms with Gasteiger partial charge in [-0.1, -0.05) is 13.8 Å². The van der Waals surface area contributed by atoms with E-state index in [0.717, 1.165) is 0 Å². The first-order valence-corrected chi connectivity index (χ1v) is 4.27. The topological polar surface area (TPSA) is 70.7 Å². The molecule has 5 heteroatoms. The van der Waals surface area contributed by atoms with E-state index in [-0.39, 0.29) is 17.8 Å². The van der Waals surface area contributed by atoms with Gasteiger partial charge in [-0.3, -0.25) is 9.89 Å². The minimum atomic E-state index is -0.210. The van der Waals surface area contributed by atoms with E-state index in [9.17, 15) is 4.79 Å². The molecule has 0 bridgehead atoms. The number of nitrogens with zero attached hydrogens (tertiary/aromatic N) is 2. The molecule has 72 valence electrons. The Morgan fingerprint density at radius 2 is 2.23 bits per heavy atom. The maximum absolute atomic E-state index is 11.4. The second kappa shape index (κ2) is 4.02. The highest BCUT2D eigenvalue weighted by atomic mass is 16.2. The number of aromatic nitrogens is 3. The van der Waals surface area contributed by atoms with E-state index in [0.29, 0.717) is 5.92 Å². The number of carbonyl (C=O) groups excluding carboxylic acids is 1. The van der Waals surface area contributed by atoms with Crippen molar-refractivity contribution in [3.63, 3.8) is 0 Å². The van der Waals surface area contributed by atoms with Crippen LogP contribution < -0.4 is 5.32 Å². The minimum absolute atomic E-state index is 0.137. The summed E-state index contributed by atoms with van der Waals surface area (Å²) in [4.78, 5) is 15.1. The smallest absolute Gasteiger partial charge is 0.288 e. The Labute approximate surface area is 76.9 Å². The maximum atomic E-state index is 11.4. The van der Waals surface area contributed by atoms with Gasteiger partial charge >= 0.3 is 0 Å². The van der Waals surface area contributed by atoms with Gasteiger partial charge in [0.25, 0.3) is 5.91 Å². The van der Waals surface area contributed by atoms with Crippen molar-refractivity contribution in [1.82, 2.24) is 20.5 Å². The summed E-state index contributed by atoms with van der Waals surface area (Å²) in [6.07, 6.45) is 1.31. The SMILES string of the molecule is CC(C)C(C)NC(=O)c1ncn[nH]1. The number of amides is 1. The molecule has 1 atom stereocenters. The molecule has 1 rings (SSSR count). The van der Waals surface area contributed by atoms with E-state index in [1.165, 1.54) is 6.33 Å². The molecule has 0 saturated carbocycles. The summed E-state index contributed by atoms with van der Waals surface area (Å²) in [5, 5.41) is 8.92. The lowest BCUT2D eigenvalue weighted by Gasteiger charge is -2.15. The highest BCUT2D eigenvalue weighted by Gasteiger charge is 2.13. The molecule has 0 fully saturated rings. The monoisotopic (exact) mass is 182 g/mol. The second-order valence-electron chi connectivity index (χ2n) is 3.34. The van der Waals surface area contributed by atoms with E-state index >= 15 is 0 Å². The van der Waals surface area contributed by atoms with Gasteiger partial charge in [0, 0.05) is 6.04 Å². The molecule has 1 aromatic heterocycles. The lowest BCUT2D eigenvalue weighted by molar-refractivity contribution is 0.0920. The molecule has 0 aliphatic carbocycles. The Morgan fingerprint density at radius 1 is 1.54 bits per heavy atom. The third-order valence-electron chi connectivity index (χ3n) is 1.99. The van der Waals surface area contributed by atoms with E-state index in [2.05, 4.69) is 20.5 Å². The fourth-order valence-corrected chi connectivity index (χ4v) is 0.757. The van der Waals surface area contributed by atoms with Crippen LogP contribution in [0.1, 0.15) is 31.4 Å². The Morgan fingerprint density at radius 3 is 2.69 bits per heavy atom. The lowest BCUT2D eigenvalue weighted by atomic mass is 10.1. The van der Waals surface area contributed by atoms with Crippen LogP contribution in [0.3, 0.4) is 0 Å². The summed E-state index contributed by atoms with van der Waals surface area (Å²) in [7, 11) is 0. The van der Waals surface area contributed by atoms with E-state index in [1.807, 2.05) is 20.8 Å². The first-order chi connectivity index (χ1) is 6.11. The van der Waals surface area contributed by atoms with Crippen molar-refractivity contribution >= 4 is 5.91 Å². The quantitative estimate of drug-likeness (QED) is 0.718. The van der Waals surface area contributed by atoms with Crippen LogP contribution in [0.4, 0.5) is 0 Å². The Bertz CT molecular complexity index is 268. The summed E-state index contributed by atoms with van der Waals surface area (Å²) in [6, 6.07) is 0.137. The normalized spacial score (nSPS) is 12.9. The number of carbonyl (C=O) groups is 1. The average Bonchev–Trinajstić information content (AvgIpc) is 2.55. The molecule has 0 aliphatic heterocycles. The molecular weight excluding hydrogens is 168 g/mol. The molecule has 5 nitrogen and oxygen atoms in total. The number of hydrogen-bond acceptors (Lipinski definition) is 3. The van der Waals surface area contributed by atoms with Gasteiger partial charge in [0.1, 0.15) is 6.33 Å². The third kappa shape index (κ3) is 2.54. The molecule has 13 heavy (non-hydrogen) atoms.